The van der Waals surface area contributed by atoms with Crippen LogP contribution in [0.1, 0.15) is 26.7 Å². The molecular formula is C11H25N3O2. The molecule has 0 aliphatic rings. The SMILES string of the molecule is COCCOCCCCN=C(N)NC(C)C. The molecule has 0 amide bonds. The van der Waals surface area contributed by atoms with E-state index < -0.39 is 0 Å². The van der Waals surface area contributed by atoms with Crippen LogP contribution in [0.2, 0.25) is 0 Å². The third-order valence-electron chi connectivity index (χ3n) is 1.85. The Morgan fingerprint density at radius 2 is 2.00 bits per heavy atom. The zero-order chi connectivity index (χ0) is 12.2. The first-order valence-corrected chi connectivity index (χ1v) is 5.80. The van der Waals surface area contributed by atoms with Crippen molar-refractivity contribution in [2.24, 2.45) is 10.7 Å². The van der Waals surface area contributed by atoms with Gasteiger partial charge in [-0.3, -0.25) is 4.99 Å². The lowest BCUT2D eigenvalue weighted by atomic mass is 10.3. The van der Waals surface area contributed by atoms with Crippen LogP contribution in [-0.2, 0) is 9.47 Å². The number of nitrogens with two attached hydrogens (primary N) is 1. The molecule has 0 rings (SSSR count). The third kappa shape index (κ3) is 11.3. The molecule has 0 heterocycles. The van der Waals surface area contributed by atoms with Gasteiger partial charge in [0, 0.05) is 26.3 Å². The first-order valence-electron chi connectivity index (χ1n) is 5.80. The molecule has 0 spiro atoms. The zero-order valence-electron chi connectivity index (χ0n) is 10.7. The van der Waals surface area contributed by atoms with Crippen LogP contribution in [0.5, 0.6) is 0 Å². The molecule has 0 bridgehead atoms. The Labute approximate surface area is 98.4 Å². The summed E-state index contributed by atoms with van der Waals surface area (Å²) >= 11 is 0. The average Bonchev–Trinajstić information content (AvgIpc) is 2.21. The van der Waals surface area contributed by atoms with Crippen LogP contribution >= 0.6 is 0 Å². The van der Waals surface area contributed by atoms with Gasteiger partial charge in [-0.25, -0.2) is 0 Å². The van der Waals surface area contributed by atoms with E-state index in [-0.39, 0.29) is 0 Å². The van der Waals surface area contributed by atoms with E-state index in [0.29, 0.717) is 25.2 Å². The van der Waals surface area contributed by atoms with Gasteiger partial charge in [0.25, 0.3) is 0 Å². The minimum atomic E-state index is 0.334. The molecule has 5 heteroatoms. The third-order valence-corrected chi connectivity index (χ3v) is 1.85. The number of unbranched alkanes of at least 4 members (excludes halogenated alkanes) is 1. The minimum absolute atomic E-state index is 0.334. The lowest BCUT2D eigenvalue weighted by molar-refractivity contribution is 0.0690. The fourth-order valence-corrected chi connectivity index (χ4v) is 1.10. The van der Waals surface area contributed by atoms with E-state index in [0.717, 1.165) is 26.0 Å². The van der Waals surface area contributed by atoms with Crippen LogP contribution in [-0.4, -0.2) is 45.5 Å². The second-order valence-corrected chi connectivity index (χ2v) is 3.88. The highest BCUT2D eigenvalue weighted by molar-refractivity contribution is 5.77. The molecule has 0 unspecified atom stereocenters. The number of rotatable bonds is 9. The zero-order valence-corrected chi connectivity index (χ0v) is 10.7. The summed E-state index contributed by atoms with van der Waals surface area (Å²) in [6, 6.07) is 0.334. The molecule has 0 saturated heterocycles. The van der Waals surface area contributed by atoms with E-state index in [4.69, 9.17) is 15.2 Å². The largest absolute Gasteiger partial charge is 0.382 e. The average molecular weight is 231 g/mol. The highest BCUT2D eigenvalue weighted by Gasteiger charge is 1.94. The molecule has 96 valence electrons. The number of hydrogen-bond donors (Lipinski definition) is 2. The van der Waals surface area contributed by atoms with Gasteiger partial charge in [0.15, 0.2) is 5.96 Å². The highest BCUT2D eigenvalue weighted by atomic mass is 16.5. The van der Waals surface area contributed by atoms with Crippen molar-refractivity contribution in [1.29, 1.82) is 0 Å². The van der Waals surface area contributed by atoms with Gasteiger partial charge < -0.3 is 20.5 Å². The Balaban J connectivity index is 3.25. The van der Waals surface area contributed by atoms with E-state index in [1.807, 2.05) is 13.8 Å². The Morgan fingerprint density at radius 1 is 1.25 bits per heavy atom. The van der Waals surface area contributed by atoms with Gasteiger partial charge in [-0.15, -0.1) is 0 Å². The van der Waals surface area contributed by atoms with E-state index in [1.54, 1.807) is 7.11 Å². The fraction of sp³-hybridized carbons (Fsp3) is 0.909. The maximum absolute atomic E-state index is 5.65. The number of aliphatic imine (C=N–C) groups is 1. The molecule has 0 aliphatic carbocycles. The van der Waals surface area contributed by atoms with Crippen LogP contribution in [0, 0.1) is 0 Å². The highest BCUT2D eigenvalue weighted by Crippen LogP contribution is 1.91. The second-order valence-electron chi connectivity index (χ2n) is 3.88. The van der Waals surface area contributed by atoms with Gasteiger partial charge in [-0.05, 0) is 26.7 Å². The van der Waals surface area contributed by atoms with Crippen molar-refractivity contribution in [2.75, 3.05) is 33.5 Å². The quantitative estimate of drug-likeness (QED) is 0.349. The lowest BCUT2D eigenvalue weighted by Gasteiger charge is -2.08. The van der Waals surface area contributed by atoms with E-state index in [2.05, 4.69) is 10.3 Å². The molecule has 0 aromatic rings. The Morgan fingerprint density at radius 3 is 2.62 bits per heavy atom. The number of methoxy groups -OCH3 is 1. The van der Waals surface area contributed by atoms with E-state index >= 15 is 0 Å². The first-order chi connectivity index (χ1) is 7.66. The predicted octanol–water partition coefficient (Wildman–Crippen LogP) is 0.742. The summed E-state index contributed by atoms with van der Waals surface area (Å²) in [5, 5.41) is 3.04. The molecule has 0 aliphatic heterocycles. The lowest BCUT2D eigenvalue weighted by Crippen LogP contribution is -2.36. The van der Waals surface area contributed by atoms with Gasteiger partial charge >= 0.3 is 0 Å². The van der Waals surface area contributed by atoms with Crippen molar-refractivity contribution in [2.45, 2.75) is 32.7 Å². The smallest absolute Gasteiger partial charge is 0.188 e. The fourth-order valence-electron chi connectivity index (χ4n) is 1.10. The molecule has 0 aromatic carbocycles. The molecular weight excluding hydrogens is 206 g/mol. The van der Waals surface area contributed by atoms with Crippen LogP contribution in [0.25, 0.3) is 0 Å². The van der Waals surface area contributed by atoms with E-state index in [1.165, 1.54) is 0 Å². The molecule has 0 aromatic heterocycles. The molecule has 0 saturated carbocycles. The predicted molar refractivity (Wildman–Crippen MR) is 66.7 cm³/mol. The first kappa shape index (κ1) is 15.2. The summed E-state index contributed by atoms with van der Waals surface area (Å²) < 4.78 is 10.2. The van der Waals surface area contributed by atoms with Gasteiger partial charge in [-0.1, -0.05) is 0 Å². The van der Waals surface area contributed by atoms with Crippen molar-refractivity contribution >= 4 is 5.96 Å². The number of guanidine groups is 1. The Bertz CT molecular complexity index is 184. The van der Waals surface area contributed by atoms with Crippen LogP contribution in [0.4, 0.5) is 0 Å². The van der Waals surface area contributed by atoms with Crippen molar-refractivity contribution in [3.05, 3.63) is 0 Å². The Kier molecular flexibility index (Phi) is 10.2. The maximum atomic E-state index is 5.65. The van der Waals surface area contributed by atoms with Crippen molar-refractivity contribution in [3.63, 3.8) is 0 Å². The van der Waals surface area contributed by atoms with Crippen LogP contribution < -0.4 is 11.1 Å². The molecule has 3 N–H and O–H groups in total. The topological polar surface area (TPSA) is 68.9 Å². The number of nitrogens with one attached hydrogen (secondary N) is 1. The monoisotopic (exact) mass is 231 g/mol. The molecule has 0 atom stereocenters. The van der Waals surface area contributed by atoms with Gasteiger partial charge in [0.2, 0.25) is 0 Å². The summed E-state index contributed by atoms with van der Waals surface area (Å²) in [5.74, 6) is 0.523. The van der Waals surface area contributed by atoms with Crippen molar-refractivity contribution < 1.29 is 9.47 Å². The summed E-state index contributed by atoms with van der Waals surface area (Å²) in [4.78, 5) is 4.20. The van der Waals surface area contributed by atoms with Gasteiger partial charge in [0.1, 0.15) is 0 Å². The van der Waals surface area contributed by atoms with E-state index in [9.17, 15) is 0 Å². The summed E-state index contributed by atoms with van der Waals surface area (Å²) in [6.07, 6.45) is 2.00. The summed E-state index contributed by atoms with van der Waals surface area (Å²) in [5.41, 5.74) is 5.65. The van der Waals surface area contributed by atoms with Crippen molar-refractivity contribution in [1.82, 2.24) is 5.32 Å². The summed E-state index contributed by atoms with van der Waals surface area (Å²) in [6.45, 7) is 6.90. The van der Waals surface area contributed by atoms with Gasteiger partial charge in [0.05, 0.1) is 13.2 Å². The number of nitrogens with zero attached hydrogens (tertiary/aromatic N) is 1. The van der Waals surface area contributed by atoms with Crippen LogP contribution in [0.3, 0.4) is 0 Å². The maximum Gasteiger partial charge on any atom is 0.188 e. The molecule has 0 fully saturated rings. The van der Waals surface area contributed by atoms with Crippen molar-refractivity contribution in [3.8, 4) is 0 Å². The second kappa shape index (κ2) is 10.7. The normalized spacial score (nSPS) is 12.1. The molecule has 0 radical (unpaired) electrons. The molecule has 16 heavy (non-hydrogen) atoms. The molecule has 5 nitrogen and oxygen atoms in total. The number of ether oxygens (including phenoxy) is 2. The van der Waals surface area contributed by atoms with Gasteiger partial charge in [-0.2, -0.15) is 0 Å². The van der Waals surface area contributed by atoms with Crippen LogP contribution in [0.15, 0.2) is 4.99 Å². The standard InChI is InChI=1S/C11H25N3O2/c1-10(2)14-11(12)13-6-4-5-7-16-9-8-15-3/h10H,4-9H2,1-3H3,(H3,12,13,14). The Hall–Kier alpha value is -0.810. The minimum Gasteiger partial charge on any atom is -0.382 e. The number of hydrogen-bond acceptors (Lipinski definition) is 3. The summed E-state index contributed by atoms with van der Waals surface area (Å²) in [7, 11) is 1.67.